The van der Waals surface area contributed by atoms with E-state index in [1.807, 2.05) is 0 Å². The van der Waals surface area contributed by atoms with Crippen LogP contribution in [-0.4, -0.2) is 12.9 Å². The Kier molecular flexibility index (Phi) is 6.37. The van der Waals surface area contributed by atoms with Crippen molar-refractivity contribution in [2.45, 2.75) is 33.4 Å². The van der Waals surface area contributed by atoms with Gasteiger partial charge in [0.15, 0.2) is 0 Å². The van der Waals surface area contributed by atoms with E-state index in [2.05, 4.69) is 18.3 Å². The summed E-state index contributed by atoms with van der Waals surface area (Å²) in [5, 5.41) is 0. The van der Waals surface area contributed by atoms with Crippen molar-refractivity contribution in [3.8, 4) is 0 Å². The average Bonchev–Trinajstić information content (AvgIpc) is 2.24. The Hall–Kier alpha value is -1.58. The number of aliphatic imine (C=N–C) groups is 1. The van der Waals surface area contributed by atoms with Crippen LogP contribution in [0.15, 0.2) is 52.2 Å². The van der Waals surface area contributed by atoms with Crippen molar-refractivity contribution < 1.29 is 13.2 Å². The van der Waals surface area contributed by atoms with Crippen LogP contribution in [-0.2, 0) is 0 Å². The molecule has 0 unspecified atom stereocenters. The first kappa shape index (κ1) is 16.4. The number of allylic oxidation sites excluding steroid dienone is 7. The van der Waals surface area contributed by atoms with Crippen molar-refractivity contribution in [2.24, 2.45) is 4.99 Å². The van der Waals surface area contributed by atoms with Gasteiger partial charge in [0.05, 0.1) is 6.42 Å². The van der Waals surface area contributed by atoms with Gasteiger partial charge < -0.3 is 0 Å². The SMILES string of the molecule is C=N\C(C)=C/C(=C/C(=C\C)CC(F)(F)F)C(=C)C. The minimum atomic E-state index is -4.21. The van der Waals surface area contributed by atoms with Crippen molar-refractivity contribution in [3.63, 3.8) is 0 Å². The van der Waals surface area contributed by atoms with Crippen molar-refractivity contribution in [1.82, 2.24) is 0 Å². The van der Waals surface area contributed by atoms with Gasteiger partial charge in [-0.3, -0.25) is 4.99 Å². The van der Waals surface area contributed by atoms with Crippen LogP contribution in [0.3, 0.4) is 0 Å². The highest BCUT2D eigenvalue weighted by Gasteiger charge is 2.27. The molecule has 0 atom stereocenters. The Morgan fingerprint density at radius 2 is 1.78 bits per heavy atom. The molecule has 0 aromatic carbocycles. The molecule has 0 heterocycles. The molecule has 0 amide bonds. The van der Waals surface area contributed by atoms with E-state index in [1.54, 1.807) is 26.8 Å². The lowest BCUT2D eigenvalue weighted by molar-refractivity contribution is -0.126. The van der Waals surface area contributed by atoms with Crippen LogP contribution in [0.25, 0.3) is 0 Å². The van der Waals surface area contributed by atoms with E-state index >= 15 is 0 Å². The molecule has 0 spiro atoms. The summed E-state index contributed by atoms with van der Waals surface area (Å²) in [6, 6.07) is 0. The first-order valence-corrected chi connectivity index (χ1v) is 5.44. The van der Waals surface area contributed by atoms with E-state index in [9.17, 15) is 13.2 Å². The minimum absolute atomic E-state index is 0.202. The third-order valence-electron chi connectivity index (χ3n) is 2.22. The quantitative estimate of drug-likeness (QED) is 0.486. The third kappa shape index (κ3) is 6.89. The fraction of sp³-hybridized carbons (Fsp3) is 0.357. The molecule has 1 nitrogen and oxygen atoms in total. The molecule has 18 heavy (non-hydrogen) atoms. The Labute approximate surface area is 106 Å². The van der Waals surface area contributed by atoms with Crippen LogP contribution in [0.1, 0.15) is 27.2 Å². The molecule has 0 aromatic heterocycles. The fourth-order valence-electron chi connectivity index (χ4n) is 1.23. The lowest BCUT2D eigenvalue weighted by Gasteiger charge is -2.09. The number of nitrogens with zero attached hydrogens (tertiary/aromatic N) is 1. The Morgan fingerprint density at radius 1 is 1.22 bits per heavy atom. The fourth-order valence-corrected chi connectivity index (χ4v) is 1.23. The number of alkyl halides is 3. The highest BCUT2D eigenvalue weighted by Crippen LogP contribution is 2.27. The van der Waals surface area contributed by atoms with Gasteiger partial charge in [0, 0.05) is 5.70 Å². The molecule has 0 aliphatic heterocycles. The lowest BCUT2D eigenvalue weighted by atomic mass is 10.0. The second-order valence-corrected chi connectivity index (χ2v) is 3.98. The van der Waals surface area contributed by atoms with Gasteiger partial charge in [-0.25, -0.2) is 0 Å². The van der Waals surface area contributed by atoms with Crippen LogP contribution < -0.4 is 0 Å². The summed E-state index contributed by atoms with van der Waals surface area (Å²) in [6.07, 6.45) is -0.580. The molecule has 0 aromatic rings. The molecule has 0 saturated carbocycles. The predicted molar refractivity (Wildman–Crippen MR) is 70.6 cm³/mol. The summed E-state index contributed by atoms with van der Waals surface area (Å²) in [5.41, 5.74) is 2.14. The maximum absolute atomic E-state index is 12.3. The monoisotopic (exact) mass is 257 g/mol. The standard InChI is InChI=1S/C14H18F3N/c1-6-12(9-14(15,16)17)8-13(10(2)3)7-11(4)18-5/h6-8H,2,5,9H2,1,3-4H3/b11-7-,12-6+,13-8-. The topological polar surface area (TPSA) is 12.4 Å². The largest absolute Gasteiger partial charge is 0.393 e. The normalized spacial score (nSPS) is 14.7. The van der Waals surface area contributed by atoms with Crippen molar-refractivity contribution in [2.75, 3.05) is 0 Å². The number of hydrogen-bond acceptors (Lipinski definition) is 1. The molecule has 0 radical (unpaired) electrons. The van der Waals surface area contributed by atoms with Crippen molar-refractivity contribution in [1.29, 1.82) is 0 Å². The number of hydrogen-bond donors (Lipinski definition) is 0. The summed E-state index contributed by atoms with van der Waals surface area (Å²) in [6.45, 7) is 12.1. The minimum Gasteiger partial charge on any atom is -0.269 e. The highest BCUT2D eigenvalue weighted by molar-refractivity contribution is 5.44. The van der Waals surface area contributed by atoms with E-state index in [0.717, 1.165) is 0 Å². The highest BCUT2D eigenvalue weighted by atomic mass is 19.4. The summed E-state index contributed by atoms with van der Waals surface area (Å²) in [5.74, 6) is 0. The van der Waals surface area contributed by atoms with E-state index in [4.69, 9.17) is 0 Å². The number of halogens is 3. The molecule has 0 fully saturated rings. The molecule has 0 aliphatic rings. The molecule has 0 saturated heterocycles. The van der Waals surface area contributed by atoms with Crippen molar-refractivity contribution in [3.05, 3.63) is 47.2 Å². The van der Waals surface area contributed by atoms with Gasteiger partial charge in [0.1, 0.15) is 0 Å². The lowest BCUT2D eigenvalue weighted by Crippen LogP contribution is -2.07. The zero-order valence-corrected chi connectivity index (χ0v) is 10.9. The second-order valence-electron chi connectivity index (χ2n) is 3.98. The van der Waals surface area contributed by atoms with Gasteiger partial charge in [-0.15, -0.1) is 0 Å². The Balaban J connectivity index is 5.29. The Bertz CT molecular complexity index is 409. The van der Waals surface area contributed by atoms with E-state index < -0.39 is 12.6 Å². The summed E-state index contributed by atoms with van der Waals surface area (Å²) in [4.78, 5) is 3.71. The van der Waals surface area contributed by atoms with E-state index in [0.29, 0.717) is 16.8 Å². The maximum Gasteiger partial charge on any atom is 0.393 e. The van der Waals surface area contributed by atoms with Crippen LogP contribution in [0.4, 0.5) is 13.2 Å². The molecule has 100 valence electrons. The van der Waals surface area contributed by atoms with Gasteiger partial charge in [-0.2, -0.15) is 13.2 Å². The van der Waals surface area contributed by atoms with Crippen LogP contribution >= 0.6 is 0 Å². The van der Waals surface area contributed by atoms with Crippen LogP contribution in [0.5, 0.6) is 0 Å². The molecule has 0 rings (SSSR count). The van der Waals surface area contributed by atoms with Gasteiger partial charge in [-0.1, -0.05) is 24.3 Å². The average molecular weight is 257 g/mol. The third-order valence-corrected chi connectivity index (χ3v) is 2.22. The summed E-state index contributed by atoms with van der Waals surface area (Å²) in [7, 11) is 0. The van der Waals surface area contributed by atoms with Crippen LogP contribution in [0.2, 0.25) is 0 Å². The van der Waals surface area contributed by atoms with Gasteiger partial charge in [0.2, 0.25) is 0 Å². The zero-order valence-electron chi connectivity index (χ0n) is 10.9. The first-order chi connectivity index (χ1) is 8.19. The summed E-state index contributed by atoms with van der Waals surface area (Å²) >= 11 is 0. The first-order valence-electron chi connectivity index (χ1n) is 5.44. The van der Waals surface area contributed by atoms with Gasteiger partial charge in [-0.05, 0) is 44.7 Å². The molecule has 4 heteroatoms. The smallest absolute Gasteiger partial charge is 0.269 e. The molecule has 0 aliphatic carbocycles. The Morgan fingerprint density at radius 3 is 2.11 bits per heavy atom. The molecular formula is C14H18F3N. The van der Waals surface area contributed by atoms with Gasteiger partial charge >= 0.3 is 6.18 Å². The van der Waals surface area contributed by atoms with Crippen LogP contribution in [0, 0.1) is 0 Å². The van der Waals surface area contributed by atoms with Gasteiger partial charge in [0.25, 0.3) is 0 Å². The van der Waals surface area contributed by atoms with E-state index in [-0.39, 0.29) is 5.57 Å². The zero-order chi connectivity index (χ0) is 14.3. The predicted octanol–water partition coefficient (Wildman–Crippen LogP) is 4.99. The molecule has 0 bridgehead atoms. The molecule has 0 N–H and O–H groups in total. The summed E-state index contributed by atoms with van der Waals surface area (Å²) < 4.78 is 37.0. The molecular weight excluding hydrogens is 239 g/mol. The van der Waals surface area contributed by atoms with Crippen molar-refractivity contribution >= 4 is 6.72 Å². The van der Waals surface area contributed by atoms with E-state index in [1.165, 1.54) is 12.2 Å². The maximum atomic E-state index is 12.3. The second kappa shape index (κ2) is 6.99. The number of rotatable bonds is 5.